The quantitative estimate of drug-likeness (QED) is 0.0849. The number of aliphatic hydroxyl groups is 2. The van der Waals surface area contributed by atoms with E-state index in [1.807, 2.05) is 0 Å². The normalized spacial score (nSPS) is 21.4. The van der Waals surface area contributed by atoms with Crippen LogP contribution in [0.1, 0.15) is 0 Å². The molecule has 358 valence electrons. The van der Waals surface area contributed by atoms with Crippen molar-refractivity contribution in [1.29, 1.82) is 0 Å². The van der Waals surface area contributed by atoms with E-state index in [4.69, 9.17) is 0 Å². The summed E-state index contributed by atoms with van der Waals surface area (Å²) in [6.07, 6.45) is -3.68. The molecule has 0 radical (unpaired) electrons. The first-order valence-corrected chi connectivity index (χ1v) is 21.9. The summed E-state index contributed by atoms with van der Waals surface area (Å²) in [6, 6.07) is 0. The standard InChI is InChI=1S/C35H66N9O17P/c45-28(17-36-1-5-38(21-30(47)48)9-13-42(25-34(55)56)14-10-39(6-2-36)22-31(49)50)19-44(27-62(59,60)61)20-29(46)18-37-3-7-40(23-32(51)52)11-15-43(26-35(57)58)16-12-41(8-4-37)24-33(53)54/h28-29,45-46H,1-27H2,(H,47,48)(H,49,50)(H,51,52)(H,53,54)(H,55,56)(H,57,58)(H2,59,60,61)/p-7. The molecule has 2 aliphatic heterocycles. The lowest BCUT2D eigenvalue weighted by Gasteiger charge is -2.37. The van der Waals surface area contributed by atoms with Crippen molar-refractivity contribution in [2.24, 2.45) is 0 Å². The third-order valence-electron chi connectivity index (χ3n) is 10.2. The topological polar surface area (TPSA) is 371 Å². The van der Waals surface area contributed by atoms with E-state index in [-0.39, 0.29) is 118 Å². The lowest BCUT2D eigenvalue weighted by atomic mass is 10.2. The maximum absolute atomic E-state index is 12.1. The lowest BCUT2D eigenvalue weighted by molar-refractivity contribution is -0.308. The van der Waals surface area contributed by atoms with Crippen molar-refractivity contribution in [2.75, 3.05) is 176 Å². The second-order valence-corrected chi connectivity index (χ2v) is 17.2. The Morgan fingerprint density at radius 2 is 0.597 bits per heavy atom. The van der Waals surface area contributed by atoms with E-state index >= 15 is 0 Å². The zero-order chi connectivity index (χ0) is 46.4. The minimum Gasteiger partial charge on any atom is -0.778 e. The third kappa shape index (κ3) is 26.2. The van der Waals surface area contributed by atoms with Crippen LogP contribution in [0.5, 0.6) is 0 Å². The summed E-state index contributed by atoms with van der Waals surface area (Å²) in [6.45, 7) is -2.61. The van der Waals surface area contributed by atoms with Gasteiger partial charge in [0.15, 0.2) is 0 Å². The Kier molecular flexibility index (Phi) is 25.0. The van der Waals surface area contributed by atoms with E-state index in [2.05, 4.69) is 0 Å². The van der Waals surface area contributed by atoms with Gasteiger partial charge >= 0.3 is 0 Å². The smallest absolute Gasteiger partial charge is 0.146 e. The molecule has 2 fully saturated rings. The number of β-amino-alcohol motifs (C(OH)–C–C–N with tert-alkyl or cyclic N) is 2. The van der Waals surface area contributed by atoms with Crippen LogP contribution in [0.4, 0.5) is 0 Å². The number of hydrogen-bond donors (Lipinski definition) is 3. The SMILES string of the molecule is O=C([O-])CN1CCN(CC(=O)[O-])CCN(CC(O)CN(CC(O)CN2CCN(CC(=O)[O-])CCN(CC(=O)[O-])CCN(CC(=O)[O-])CC2)CP(=O)([O-])O)CCN(CC(=O)[O-])CC1. The fourth-order valence-electron chi connectivity index (χ4n) is 7.32. The van der Waals surface area contributed by atoms with Crippen LogP contribution in [0.2, 0.25) is 0 Å². The average Bonchev–Trinajstić information content (AvgIpc) is 3.11. The molecule has 0 aromatic heterocycles. The Morgan fingerprint density at radius 3 is 0.758 bits per heavy atom. The van der Waals surface area contributed by atoms with Crippen LogP contribution in [0.15, 0.2) is 0 Å². The fraction of sp³-hybridized carbons (Fsp3) is 0.829. The Bertz CT molecular complexity index is 1320. The third-order valence-corrected chi connectivity index (χ3v) is 11.0. The summed E-state index contributed by atoms with van der Waals surface area (Å²) < 4.78 is 12.1. The molecule has 62 heavy (non-hydrogen) atoms. The molecule has 3 unspecified atom stereocenters. The molecule has 2 heterocycles. The largest absolute Gasteiger partial charge is 0.778 e. The Labute approximate surface area is 359 Å². The highest BCUT2D eigenvalue weighted by molar-refractivity contribution is 7.50. The summed E-state index contributed by atoms with van der Waals surface area (Å²) in [5.74, 6) is -8.33. The van der Waals surface area contributed by atoms with Crippen molar-refractivity contribution in [1.82, 2.24) is 44.1 Å². The van der Waals surface area contributed by atoms with Gasteiger partial charge < -0.3 is 84.0 Å². The highest BCUT2D eigenvalue weighted by Gasteiger charge is 2.25. The maximum atomic E-state index is 12.1. The Hall–Kier alpha value is -3.47. The molecular formula is C35H59N9O17P-7. The first kappa shape index (κ1) is 54.7. The molecule has 2 saturated heterocycles. The number of carbonyl (C=O) groups is 6. The van der Waals surface area contributed by atoms with E-state index in [1.54, 1.807) is 9.80 Å². The number of rotatable bonds is 22. The Balaban J connectivity index is 2.24. The monoisotopic (exact) mass is 908 g/mol. The minimum absolute atomic E-state index is 0.0863. The molecule has 0 aliphatic carbocycles. The predicted octanol–water partition coefficient (Wildman–Crippen LogP) is -14.5. The summed E-state index contributed by atoms with van der Waals surface area (Å²) >= 11 is 0. The molecule has 0 aromatic rings. The van der Waals surface area contributed by atoms with E-state index < -0.39 is 114 Å². The van der Waals surface area contributed by atoms with Gasteiger partial charge in [-0.15, -0.1) is 0 Å². The van der Waals surface area contributed by atoms with Crippen molar-refractivity contribution >= 4 is 43.4 Å². The highest BCUT2D eigenvalue weighted by atomic mass is 31.2. The molecule has 0 bridgehead atoms. The maximum Gasteiger partial charge on any atom is 0.146 e. The molecule has 0 amide bonds. The summed E-state index contributed by atoms with van der Waals surface area (Å²) in [5, 5.41) is 91.3. The number of carboxylic acids is 6. The van der Waals surface area contributed by atoms with Crippen molar-refractivity contribution in [3.8, 4) is 0 Å². The zero-order valence-electron chi connectivity index (χ0n) is 34.8. The van der Waals surface area contributed by atoms with Gasteiger partial charge in [0.25, 0.3) is 0 Å². The van der Waals surface area contributed by atoms with Gasteiger partial charge in [-0.3, -0.25) is 44.1 Å². The van der Waals surface area contributed by atoms with Crippen LogP contribution in [0.3, 0.4) is 0 Å². The number of carbonyl (C=O) groups excluding carboxylic acids is 6. The van der Waals surface area contributed by atoms with Crippen molar-refractivity contribution in [3.63, 3.8) is 0 Å². The summed E-state index contributed by atoms with van der Waals surface area (Å²) in [4.78, 5) is 104. The number of aliphatic carboxylic acids is 6. The molecule has 27 heteroatoms. The van der Waals surface area contributed by atoms with Gasteiger partial charge in [0, 0.05) is 170 Å². The first-order valence-electron chi connectivity index (χ1n) is 20.1. The van der Waals surface area contributed by atoms with Crippen LogP contribution < -0.4 is 35.5 Å². The van der Waals surface area contributed by atoms with Gasteiger partial charge in [-0.2, -0.15) is 0 Å². The van der Waals surface area contributed by atoms with Crippen LogP contribution in [0.25, 0.3) is 0 Å². The number of nitrogens with zero attached hydrogens (tertiary/aromatic N) is 9. The van der Waals surface area contributed by atoms with Gasteiger partial charge in [0.1, 0.15) is 7.60 Å². The summed E-state index contributed by atoms with van der Waals surface area (Å²) in [7, 11) is -5.04. The van der Waals surface area contributed by atoms with Gasteiger partial charge in [0.2, 0.25) is 0 Å². The zero-order valence-corrected chi connectivity index (χ0v) is 35.7. The second-order valence-electron chi connectivity index (χ2n) is 15.6. The molecule has 2 rings (SSSR count). The van der Waals surface area contributed by atoms with Crippen molar-refractivity contribution < 1.29 is 84.0 Å². The van der Waals surface area contributed by atoms with Crippen molar-refractivity contribution in [3.05, 3.63) is 0 Å². The van der Waals surface area contributed by atoms with Gasteiger partial charge in [-0.1, -0.05) is 0 Å². The highest BCUT2D eigenvalue weighted by Crippen LogP contribution is 2.30. The molecule has 2 aliphatic rings. The molecule has 26 nitrogen and oxygen atoms in total. The first-order chi connectivity index (χ1) is 29.0. The predicted molar refractivity (Wildman–Crippen MR) is 200 cm³/mol. The lowest BCUT2D eigenvalue weighted by Crippen LogP contribution is -2.53. The summed E-state index contributed by atoms with van der Waals surface area (Å²) in [5.41, 5.74) is 0. The fourth-order valence-corrected chi connectivity index (χ4v) is 8.05. The van der Waals surface area contributed by atoms with Gasteiger partial charge in [-0.05, 0) is 0 Å². The van der Waals surface area contributed by atoms with Crippen LogP contribution in [-0.4, -0.2) is 284 Å². The van der Waals surface area contributed by atoms with Crippen molar-refractivity contribution in [2.45, 2.75) is 12.2 Å². The van der Waals surface area contributed by atoms with E-state index in [0.717, 1.165) is 4.90 Å². The second kappa shape index (κ2) is 28.3. The number of hydrogen-bond acceptors (Lipinski definition) is 25. The van der Waals surface area contributed by atoms with E-state index in [1.165, 1.54) is 29.4 Å². The number of aliphatic hydroxyl groups excluding tert-OH is 2. The van der Waals surface area contributed by atoms with E-state index in [9.17, 15) is 84.0 Å². The van der Waals surface area contributed by atoms with Crippen LogP contribution in [-0.2, 0) is 33.3 Å². The molecule has 3 atom stereocenters. The molecule has 3 N–H and O–H groups in total. The molecule has 0 saturated carbocycles. The minimum atomic E-state index is -5.04. The van der Waals surface area contributed by atoms with E-state index in [0.29, 0.717) is 0 Å². The Morgan fingerprint density at radius 1 is 0.419 bits per heavy atom. The number of carboxylic acid groups (broad SMARTS) is 6. The average molecular weight is 909 g/mol. The molecular weight excluding hydrogens is 849 g/mol. The van der Waals surface area contributed by atoms with Gasteiger partial charge in [0.05, 0.1) is 54.3 Å². The molecule has 0 spiro atoms. The van der Waals surface area contributed by atoms with Crippen LogP contribution >= 0.6 is 7.60 Å². The molecule has 0 aromatic carbocycles. The van der Waals surface area contributed by atoms with Crippen LogP contribution in [0, 0.1) is 0 Å². The van der Waals surface area contributed by atoms with Gasteiger partial charge in [-0.25, -0.2) is 0 Å².